The third-order valence-corrected chi connectivity index (χ3v) is 4.97. The maximum atomic E-state index is 12.4. The Morgan fingerprint density at radius 1 is 1.21 bits per heavy atom. The summed E-state index contributed by atoms with van der Waals surface area (Å²) in [7, 11) is 1.28. The zero-order valence-corrected chi connectivity index (χ0v) is 16.1. The van der Waals surface area contributed by atoms with Crippen LogP contribution in [0.2, 0.25) is 0 Å². The SMILES string of the molecule is COc1cc(C(=O)NCC(=O)N2CCC(C3OCCO3)CC2)ccc1OC(F)F. The molecule has 8 nitrogen and oxygen atoms in total. The van der Waals surface area contributed by atoms with Gasteiger partial charge in [-0.15, -0.1) is 0 Å². The summed E-state index contributed by atoms with van der Waals surface area (Å²) in [6, 6.07) is 3.83. The van der Waals surface area contributed by atoms with Crippen LogP contribution >= 0.6 is 0 Å². The number of amides is 2. The average molecular weight is 414 g/mol. The number of carbonyl (C=O) groups is 2. The molecule has 0 atom stereocenters. The van der Waals surface area contributed by atoms with Gasteiger partial charge in [-0.05, 0) is 31.0 Å². The lowest BCUT2D eigenvalue weighted by Gasteiger charge is -2.33. The topological polar surface area (TPSA) is 86.3 Å². The molecule has 1 aromatic carbocycles. The molecule has 0 radical (unpaired) electrons. The van der Waals surface area contributed by atoms with Crippen molar-refractivity contribution in [2.75, 3.05) is 40.0 Å². The second-order valence-corrected chi connectivity index (χ2v) is 6.76. The fraction of sp³-hybridized carbons (Fsp3) is 0.579. The molecule has 10 heteroatoms. The Hall–Kier alpha value is -2.46. The largest absolute Gasteiger partial charge is 0.493 e. The van der Waals surface area contributed by atoms with Crippen LogP contribution in [0.25, 0.3) is 0 Å². The molecule has 0 unspecified atom stereocenters. The lowest BCUT2D eigenvalue weighted by atomic mass is 9.96. The number of methoxy groups -OCH3 is 1. The van der Waals surface area contributed by atoms with Crippen LogP contribution in [0, 0.1) is 5.92 Å². The molecule has 2 fully saturated rings. The van der Waals surface area contributed by atoms with E-state index < -0.39 is 12.5 Å². The highest BCUT2D eigenvalue weighted by Gasteiger charge is 2.31. The van der Waals surface area contributed by atoms with Crippen molar-refractivity contribution in [2.45, 2.75) is 25.7 Å². The van der Waals surface area contributed by atoms with Crippen molar-refractivity contribution in [3.05, 3.63) is 23.8 Å². The number of ether oxygens (including phenoxy) is 4. The van der Waals surface area contributed by atoms with Crippen LogP contribution in [0.3, 0.4) is 0 Å². The first-order valence-corrected chi connectivity index (χ1v) is 9.40. The number of likely N-dealkylation sites (tertiary alicyclic amines) is 1. The molecule has 0 aliphatic carbocycles. The zero-order chi connectivity index (χ0) is 20.8. The van der Waals surface area contributed by atoms with Gasteiger partial charge in [0, 0.05) is 24.6 Å². The van der Waals surface area contributed by atoms with E-state index in [0.29, 0.717) is 26.3 Å². The molecule has 2 aliphatic heterocycles. The summed E-state index contributed by atoms with van der Waals surface area (Å²) in [5.41, 5.74) is 0.172. The van der Waals surface area contributed by atoms with Crippen molar-refractivity contribution in [3.8, 4) is 11.5 Å². The Morgan fingerprint density at radius 2 is 1.90 bits per heavy atom. The highest BCUT2D eigenvalue weighted by molar-refractivity contribution is 5.97. The molecule has 0 spiro atoms. The van der Waals surface area contributed by atoms with Crippen molar-refractivity contribution in [2.24, 2.45) is 5.92 Å². The van der Waals surface area contributed by atoms with Gasteiger partial charge >= 0.3 is 6.61 Å². The molecule has 1 aromatic rings. The third kappa shape index (κ3) is 5.54. The number of halogens is 2. The number of hydrogen-bond donors (Lipinski definition) is 1. The predicted octanol–water partition coefficient (Wildman–Crippen LogP) is 1.64. The quantitative estimate of drug-likeness (QED) is 0.730. The molecule has 0 saturated carbocycles. The van der Waals surface area contributed by atoms with Crippen LogP contribution in [0.4, 0.5) is 8.78 Å². The number of carbonyl (C=O) groups excluding carboxylic acids is 2. The van der Waals surface area contributed by atoms with E-state index in [2.05, 4.69) is 10.1 Å². The Kier molecular flexibility index (Phi) is 7.21. The molecular weight excluding hydrogens is 390 g/mol. The number of nitrogens with zero attached hydrogens (tertiary/aromatic N) is 1. The van der Waals surface area contributed by atoms with Gasteiger partial charge < -0.3 is 29.2 Å². The Balaban J connectivity index is 1.48. The van der Waals surface area contributed by atoms with Gasteiger partial charge in [-0.1, -0.05) is 0 Å². The van der Waals surface area contributed by atoms with Gasteiger partial charge in [0.25, 0.3) is 5.91 Å². The number of alkyl halides is 2. The summed E-state index contributed by atoms with van der Waals surface area (Å²) in [4.78, 5) is 26.4. The standard InChI is InChI=1S/C19H24F2N2O6/c1-26-15-10-13(2-3-14(15)29-19(20)21)17(25)22-11-16(24)23-6-4-12(5-7-23)18-27-8-9-28-18/h2-3,10,12,18-19H,4-9,11H2,1H3,(H,22,25). The number of nitrogens with one attached hydrogen (secondary N) is 1. The van der Waals surface area contributed by atoms with Crippen molar-refractivity contribution >= 4 is 11.8 Å². The summed E-state index contributed by atoms with van der Waals surface area (Å²) in [5.74, 6) is -0.592. The van der Waals surface area contributed by atoms with Crippen LogP contribution < -0.4 is 14.8 Å². The van der Waals surface area contributed by atoms with Crippen molar-refractivity contribution in [3.63, 3.8) is 0 Å². The summed E-state index contributed by atoms with van der Waals surface area (Å²) in [5, 5.41) is 2.55. The Morgan fingerprint density at radius 3 is 2.52 bits per heavy atom. The second kappa shape index (κ2) is 9.84. The van der Waals surface area contributed by atoms with E-state index in [1.54, 1.807) is 4.90 Å². The van der Waals surface area contributed by atoms with Crippen molar-refractivity contribution in [1.82, 2.24) is 10.2 Å². The van der Waals surface area contributed by atoms with Crippen LogP contribution in [-0.2, 0) is 14.3 Å². The lowest BCUT2D eigenvalue weighted by Crippen LogP contribution is -2.45. The molecule has 2 heterocycles. The van der Waals surface area contributed by atoms with E-state index in [-0.39, 0.29) is 41.7 Å². The van der Waals surface area contributed by atoms with Gasteiger partial charge in [-0.3, -0.25) is 9.59 Å². The number of hydrogen-bond acceptors (Lipinski definition) is 6. The molecule has 0 aromatic heterocycles. The van der Waals surface area contributed by atoms with Crippen molar-refractivity contribution < 1.29 is 37.3 Å². The highest BCUT2D eigenvalue weighted by Crippen LogP contribution is 2.29. The first kappa shape index (κ1) is 21.3. The van der Waals surface area contributed by atoms with E-state index >= 15 is 0 Å². The summed E-state index contributed by atoms with van der Waals surface area (Å²) in [6.45, 7) is -0.785. The van der Waals surface area contributed by atoms with Gasteiger partial charge in [-0.2, -0.15) is 8.78 Å². The zero-order valence-electron chi connectivity index (χ0n) is 16.1. The van der Waals surface area contributed by atoms with Gasteiger partial charge in [0.15, 0.2) is 17.8 Å². The minimum absolute atomic E-state index is 0.00250. The summed E-state index contributed by atoms with van der Waals surface area (Å²) >= 11 is 0. The smallest absolute Gasteiger partial charge is 0.387 e. The molecule has 2 saturated heterocycles. The van der Waals surface area contributed by atoms with E-state index in [9.17, 15) is 18.4 Å². The van der Waals surface area contributed by atoms with E-state index in [4.69, 9.17) is 14.2 Å². The van der Waals surface area contributed by atoms with Crippen molar-refractivity contribution in [1.29, 1.82) is 0 Å². The predicted molar refractivity (Wildman–Crippen MR) is 97.0 cm³/mol. The first-order valence-electron chi connectivity index (χ1n) is 9.40. The highest BCUT2D eigenvalue weighted by atomic mass is 19.3. The minimum Gasteiger partial charge on any atom is -0.493 e. The van der Waals surface area contributed by atoms with Gasteiger partial charge in [-0.25, -0.2) is 0 Å². The van der Waals surface area contributed by atoms with E-state index in [1.807, 2.05) is 0 Å². The van der Waals surface area contributed by atoms with Gasteiger partial charge in [0.1, 0.15) is 0 Å². The Bertz CT molecular complexity index is 719. The monoisotopic (exact) mass is 414 g/mol. The fourth-order valence-corrected chi connectivity index (χ4v) is 3.44. The summed E-state index contributed by atoms with van der Waals surface area (Å²) < 4.78 is 45.1. The fourth-order valence-electron chi connectivity index (χ4n) is 3.44. The molecule has 0 bridgehead atoms. The second-order valence-electron chi connectivity index (χ2n) is 6.76. The molecular formula is C19H24F2N2O6. The molecule has 3 rings (SSSR count). The van der Waals surface area contributed by atoms with Crippen LogP contribution in [0.1, 0.15) is 23.2 Å². The normalized spacial score (nSPS) is 18.1. The van der Waals surface area contributed by atoms with Crippen LogP contribution in [-0.4, -0.2) is 69.6 Å². The van der Waals surface area contributed by atoms with Gasteiger partial charge in [0.05, 0.1) is 26.9 Å². The summed E-state index contributed by atoms with van der Waals surface area (Å²) in [6.07, 6.45) is 1.39. The Labute approximate surface area is 167 Å². The third-order valence-electron chi connectivity index (χ3n) is 4.97. The number of rotatable bonds is 7. The molecule has 2 aliphatic rings. The van der Waals surface area contributed by atoms with Crippen LogP contribution in [0.15, 0.2) is 18.2 Å². The number of benzene rings is 1. The van der Waals surface area contributed by atoms with E-state index in [1.165, 1.54) is 25.3 Å². The maximum absolute atomic E-state index is 12.4. The molecule has 1 N–H and O–H groups in total. The minimum atomic E-state index is -3.00. The number of piperidine rings is 1. The maximum Gasteiger partial charge on any atom is 0.387 e. The molecule has 2 amide bonds. The first-order chi connectivity index (χ1) is 14.0. The van der Waals surface area contributed by atoms with Crippen LogP contribution in [0.5, 0.6) is 11.5 Å². The van der Waals surface area contributed by atoms with E-state index in [0.717, 1.165) is 12.8 Å². The molecule has 29 heavy (non-hydrogen) atoms. The molecule has 160 valence electrons. The lowest BCUT2D eigenvalue weighted by molar-refractivity contribution is -0.135. The average Bonchev–Trinajstić information content (AvgIpc) is 3.26. The van der Waals surface area contributed by atoms with Gasteiger partial charge in [0.2, 0.25) is 5.91 Å².